The fraction of sp³-hybridized carbons (Fsp3) is 0.500. The fourth-order valence-electron chi connectivity index (χ4n) is 1.80. The summed E-state index contributed by atoms with van der Waals surface area (Å²) in [6.07, 6.45) is 0.130. The van der Waals surface area contributed by atoms with Crippen molar-refractivity contribution in [3.63, 3.8) is 0 Å². The molecule has 1 unspecified atom stereocenters. The summed E-state index contributed by atoms with van der Waals surface area (Å²) in [4.78, 5) is 0. The second kappa shape index (κ2) is 7.56. The molecule has 1 aromatic rings. The number of rotatable bonds is 7. The van der Waals surface area contributed by atoms with E-state index in [1.165, 1.54) is 0 Å². The van der Waals surface area contributed by atoms with Crippen LogP contribution in [0.3, 0.4) is 0 Å². The van der Waals surface area contributed by atoms with Gasteiger partial charge in [0.15, 0.2) is 6.29 Å². The average molecular weight is 275 g/mol. The number of methoxy groups -OCH3 is 3. The summed E-state index contributed by atoms with van der Waals surface area (Å²) in [6.45, 7) is 0. The lowest BCUT2D eigenvalue weighted by molar-refractivity contribution is -0.122. The Hall–Kier alpha value is -0.850. The van der Waals surface area contributed by atoms with Crippen LogP contribution in [0.25, 0.3) is 0 Å². The van der Waals surface area contributed by atoms with Gasteiger partial charge in [-0.05, 0) is 30.2 Å². The number of halogens is 1. The topological polar surface area (TPSA) is 65.7 Å². The highest BCUT2D eigenvalue weighted by Crippen LogP contribution is 2.24. The minimum absolute atomic E-state index is 0.202. The second-order valence-corrected chi connectivity index (χ2v) is 4.21. The molecule has 1 atom stereocenters. The first-order valence-electron chi connectivity index (χ1n) is 5.50. The van der Waals surface area contributed by atoms with Gasteiger partial charge in [-0.15, -0.1) is 0 Å². The molecule has 5 nitrogen and oxygen atoms in total. The summed E-state index contributed by atoms with van der Waals surface area (Å²) in [6, 6.07) is 5.23. The Morgan fingerprint density at radius 2 is 1.94 bits per heavy atom. The number of hydrogen-bond acceptors (Lipinski definition) is 5. The maximum absolute atomic E-state index is 5.98. The molecule has 1 rings (SSSR count). The highest BCUT2D eigenvalue weighted by molar-refractivity contribution is 6.30. The zero-order valence-electron chi connectivity index (χ0n) is 10.8. The molecule has 0 aliphatic carbocycles. The zero-order chi connectivity index (χ0) is 13.5. The van der Waals surface area contributed by atoms with E-state index in [0.717, 1.165) is 11.3 Å². The van der Waals surface area contributed by atoms with E-state index >= 15 is 0 Å². The van der Waals surface area contributed by atoms with Crippen LogP contribution in [-0.2, 0) is 15.9 Å². The third-order valence-electron chi connectivity index (χ3n) is 2.69. The summed E-state index contributed by atoms with van der Waals surface area (Å²) in [5.41, 5.74) is 3.61. The van der Waals surface area contributed by atoms with Crippen molar-refractivity contribution in [1.29, 1.82) is 0 Å². The molecular weight excluding hydrogens is 256 g/mol. The van der Waals surface area contributed by atoms with Crippen LogP contribution in [0.1, 0.15) is 5.56 Å². The lowest BCUT2D eigenvalue weighted by Gasteiger charge is -2.24. The van der Waals surface area contributed by atoms with Crippen molar-refractivity contribution >= 4 is 11.6 Å². The van der Waals surface area contributed by atoms with E-state index in [4.69, 9.17) is 31.7 Å². The van der Waals surface area contributed by atoms with E-state index in [2.05, 4.69) is 5.43 Å². The third kappa shape index (κ3) is 3.83. The molecule has 0 saturated heterocycles. The maximum atomic E-state index is 5.98. The van der Waals surface area contributed by atoms with Crippen LogP contribution in [-0.4, -0.2) is 33.7 Å². The van der Waals surface area contributed by atoms with Crippen molar-refractivity contribution in [2.75, 3.05) is 21.3 Å². The van der Waals surface area contributed by atoms with Gasteiger partial charge in [-0.3, -0.25) is 11.3 Å². The highest BCUT2D eigenvalue weighted by atomic mass is 35.5. The Balaban J connectivity index is 2.89. The molecule has 0 aliphatic rings. The number of nitrogens with two attached hydrogens (primary N) is 1. The van der Waals surface area contributed by atoms with Crippen molar-refractivity contribution in [3.05, 3.63) is 28.8 Å². The molecule has 0 radical (unpaired) electrons. The molecule has 0 aliphatic heterocycles. The lowest BCUT2D eigenvalue weighted by Crippen LogP contribution is -2.47. The maximum Gasteiger partial charge on any atom is 0.173 e. The monoisotopic (exact) mass is 274 g/mol. The van der Waals surface area contributed by atoms with Crippen LogP contribution in [0.4, 0.5) is 0 Å². The van der Waals surface area contributed by atoms with Gasteiger partial charge in [0.05, 0.1) is 13.2 Å². The molecule has 1 aromatic carbocycles. The van der Waals surface area contributed by atoms with Crippen LogP contribution in [0.15, 0.2) is 18.2 Å². The van der Waals surface area contributed by atoms with E-state index in [1.807, 2.05) is 12.1 Å². The van der Waals surface area contributed by atoms with Gasteiger partial charge >= 0.3 is 0 Å². The van der Waals surface area contributed by atoms with Gasteiger partial charge in [-0.25, -0.2) is 0 Å². The minimum Gasteiger partial charge on any atom is -0.496 e. The Morgan fingerprint density at radius 1 is 1.28 bits per heavy atom. The zero-order valence-corrected chi connectivity index (χ0v) is 11.5. The summed E-state index contributed by atoms with van der Waals surface area (Å²) in [5, 5.41) is 0.646. The van der Waals surface area contributed by atoms with Gasteiger partial charge in [-0.1, -0.05) is 11.6 Å². The van der Waals surface area contributed by atoms with Gasteiger partial charge in [0.1, 0.15) is 5.75 Å². The van der Waals surface area contributed by atoms with Gasteiger partial charge < -0.3 is 14.2 Å². The Bertz CT molecular complexity index is 372. The molecule has 0 saturated carbocycles. The molecule has 0 bridgehead atoms. The van der Waals surface area contributed by atoms with Crippen LogP contribution >= 0.6 is 11.6 Å². The molecule has 0 heterocycles. The first-order chi connectivity index (χ1) is 8.65. The smallest absolute Gasteiger partial charge is 0.173 e. The van der Waals surface area contributed by atoms with Gasteiger partial charge in [0, 0.05) is 19.2 Å². The second-order valence-electron chi connectivity index (χ2n) is 3.77. The molecular formula is C12H19ClN2O3. The molecule has 0 aromatic heterocycles. The van der Waals surface area contributed by atoms with Gasteiger partial charge in [0.25, 0.3) is 0 Å². The standard InChI is InChI=1S/C12H19ClN2O3/c1-16-11-5-4-9(13)6-8(11)7-10(15-14)12(17-2)18-3/h4-6,10,12,15H,7,14H2,1-3H3. The minimum atomic E-state index is -0.446. The van der Waals surface area contributed by atoms with Gasteiger partial charge in [0.2, 0.25) is 0 Å². The van der Waals surface area contributed by atoms with Crippen molar-refractivity contribution in [3.8, 4) is 5.75 Å². The first-order valence-corrected chi connectivity index (χ1v) is 5.88. The van der Waals surface area contributed by atoms with Crippen LogP contribution in [0.5, 0.6) is 5.75 Å². The van der Waals surface area contributed by atoms with Gasteiger partial charge in [-0.2, -0.15) is 0 Å². The number of hydrogen-bond donors (Lipinski definition) is 2. The lowest BCUT2D eigenvalue weighted by atomic mass is 10.0. The largest absolute Gasteiger partial charge is 0.496 e. The quantitative estimate of drug-likeness (QED) is 0.446. The first kappa shape index (κ1) is 15.2. The Labute approximate surface area is 112 Å². The van der Waals surface area contributed by atoms with Crippen molar-refractivity contribution < 1.29 is 14.2 Å². The molecule has 6 heteroatoms. The molecule has 0 spiro atoms. The Morgan fingerprint density at radius 3 is 2.44 bits per heavy atom. The average Bonchev–Trinajstić information content (AvgIpc) is 2.39. The van der Waals surface area contributed by atoms with Crippen molar-refractivity contribution in [1.82, 2.24) is 5.43 Å². The number of hydrazine groups is 1. The predicted octanol–water partition coefficient (Wildman–Crippen LogP) is 1.34. The highest BCUT2D eigenvalue weighted by Gasteiger charge is 2.21. The fourth-order valence-corrected chi connectivity index (χ4v) is 2.00. The third-order valence-corrected chi connectivity index (χ3v) is 2.92. The number of ether oxygens (including phenoxy) is 3. The van der Waals surface area contributed by atoms with Crippen molar-refractivity contribution in [2.45, 2.75) is 18.8 Å². The number of nitrogens with one attached hydrogen (secondary N) is 1. The molecule has 0 fully saturated rings. The molecule has 3 N–H and O–H groups in total. The molecule has 102 valence electrons. The van der Waals surface area contributed by atoms with E-state index < -0.39 is 6.29 Å². The summed E-state index contributed by atoms with van der Waals surface area (Å²) < 4.78 is 15.7. The van der Waals surface area contributed by atoms with Crippen LogP contribution in [0.2, 0.25) is 5.02 Å². The summed E-state index contributed by atoms with van der Waals surface area (Å²) in [7, 11) is 4.74. The van der Waals surface area contributed by atoms with Crippen LogP contribution in [0, 0.1) is 0 Å². The summed E-state index contributed by atoms with van der Waals surface area (Å²) in [5.74, 6) is 6.27. The van der Waals surface area contributed by atoms with E-state index in [1.54, 1.807) is 27.4 Å². The molecule has 18 heavy (non-hydrogen) atoms. The van der Waals surface area contributed by atoms with Crippen molar-refractivity contribution in [2.24, 2.45) is 5.84 Å². The Kier molecular flexibility index (Phi) is 6.38. The van der Waals surface area contributed by atoms with Crippen LogP contribution < -0.4 is 16.0 Å². The normalized spacial score (nSPS) is 12.8. The SMILES string of the molecule is COc1ccc(Cl)cc1CC(NN)C(OC)OC. The predicted molar refractivity (Wildman–Crippen MR) is 70.6 cm³/mol. The van der Waals surface area contributed by atoms with E-state index in [9.17, 15) is 0 Å². The molecule has 0 amide bonds. The van der Waals surface area contributed by atoms with E-state index in [-0.39, 0.29) is 6.04 Å². The van der Waals surface area contributed by atoms with E-state index in [0.29, 0.717) is 11.4 Å². The number of benzene rings is 1. The summed E-state index contributed by atoms with van der Waals surface area (Å²) >= 11 is 5.98.